The van der Waals surface area contributed by atoms with Crippen molar-refractivity contribution in [3.8, 4) is 0 Å². The number of nitrogens with zero attached hydrogens (tertiary/aromatic N) is 3. The van der Waals surface area contributed by atoms with Crippen LogP contribution in [0.3, 0.4) is 0 Å². The molecule has 1 aliphatic rings. The molecule has 0 spiro atoms. The van der Waals surface area contributed by atoms with Crippen molar-refractivity contribution in [2.45, 2.75) is 32.1 Å². The molecule has 27 heavy (non-hydrogen) atoms. The monoisotopic (exact) mass is 363 g/mol. The lowest BCUT2D eigenvalue weighted by molar-refractivity contribution is -0.0133. The lowest BCUT2D eigenvalue weighted by atomic mass is 10.1. The lowest BCUT2D eigenvalue weighted by Gasteiger charge is -2.32. The van der Waals surface area contributed by atoms with E-state index >= 15 is 0 Å². The van der Waals surface area contributed by atoms with Crippen LogP contribution >= 0.6 is 0 Å². The van der Waals surface area contributed by atoms with Crippen molar-refractivity contribution in [1.29, 1.82) is 0 Å². The van der Waals surface area contributed by atoms with Gasteiger partial charge >= 0.3 is 0 Å². The molecule has 0 bridgehead atoms. The van der Waals surface area contributed by atoms with Crippen molar-refractivity contribution in [3.05, 3.63) is 76.3 Å². The summed E-state index contributed by atoms with van der Waals surface area (Å²) in [5.74, 6) is 0. The van der Waals surface area contributed by atoms with Gasteiger partial charge in [0, 0.05) is 31.9 Å². The molecule has 140 valence electrons. The second kappa shape index (κ2) is 8.03. The first kappa shape index (κ1) is 17.9. The van der Waals surface area contributed by atoms with Crippen LogP contribution in [0.25, 0.3) is 10.9 Å². The van der Waals surface area contributed by atoms with Crippen LogP contribution in [0.15, 0.2) is 59.5 Å². The first-order valence-electron chi connectivity index (χ1n) is 9.52. The van der Waals surface area contributed by atoms with Crippen LogP contribution in [-0.2, 0) is 24.9 Å². The van der Waals surface area contributed by atoms with E-state index in [9.17, 15) is 4.79 Å². The van der Waals surface area contributed by atoms with Gasteiger partial charge in [0.1, 0.15) is 0 Å². The Bertz CT molecular complexity index is 968. The van der Waals surface area contributed by atoms with Gasteiger partial charge in [-0.3, -0.25) is 14.7 Å². The molecule has 3 heterocycles. The van der Waals surface area contributed by atoms with Crippen LogP contribution in [0.1, 0.15) is 24.1 Å². The van der Waals surface area contributed by atoms with Crippen molar-refractivity contribution in [3.63, 3.8) is 0 Å². The second-order valence-corrected chi connectivity index (χ2v) is 7.22. The van der Waals surface area contributed by atoms with Gasteiger partial charge < -0.3 is 9.30 Å². The third-order valence-corrected chi connectivity index (χ3v) is 5.26. The number of ether oxygens (including phenoxy) is 1. The predicted octanol–water partition coefficient (Wildman–Crippen LogP) is 3.11. The predicted molar refractivity (Wildman–Crippen MR) is 107 cm³/mol. The third kappa shape index (κ3) is 4.10. The zero-order chi connectivity index (χ0) is 18.6. The minimum absolute atomic E-state index is 0.0882. The average Bonchev–Trinajstić information content (AvgIpc) is 2.71. The molecule has 1 fully saturated rings. The highest BCUT2D eigenvalue weighted by Gasteiger charge is 2.22. The molecule has 0 aliphatic carbocycles. The number of hydrogen-bond acceptors (Lipinski definition) is 4. The van der Waals surface area contributed by atoms with Gasteiger partial charge in [-0.25, -0.2) is 0 Å². The molecule has 0 N–H and O–H groups in total. The summed E-state index contributed by atoms with van der Waals surface area (Å²) >= 11 is 0. The topological polar surface area (TPSA) is 47.4 Å². The smallest absolute Gasteiger partial charge is 0.255 e. The number of aromatic nitrogens is 2. The molecule has 5 heteroatoms. The Labute approximate surface area is 159 Å². The van der Waals surface area contributed by atoms with Crippen molar-refractivity contribution in [2.24, 2.45) is 7.05 Å². The SMILES string of the molecule is Cn1c(=O)c(CN2CCC[C@H](OCc3ccccn3)C2)cc2ccccc21. The molecule has 1 aliphatic heterocycles. The minimum Gasteiger partial charge on any atom is -0.371 e. The van der Waals surface area contributed by atoms with Gasteiger partial charge in [0.15, 0.2) is 0 Å². The molecule has 5 nitrogen and oxygen atoms in total. The highest BCUT2D eigenvalue weighted by Crippen LogP contribution is 2.18. The highest BCUT2D eigenvalue weighted by atomic mass is 16.5. The molecule has 1 atom stereocenters. The largest absolute Gasteiger partial charge is 0.371 e. The zero-order valence-corrected chi connectivity index (χ0v) is 15.7. The number of pyridine rings is 2. The quantitative estimate of drug-likeness (QED) is 0.699. The average molecular weight is 363 g/mol. The third-order valence-electron chi connectivity index (χ3n) is 5.26. The van der Waals surface area contributed by atoms with E-state index in [0.717, 1.165) is 48.1 Å². The Morgan fingerprint density at radius 3 is 2.89 bits per heavy atom. The number of piperidine rings is 1. The van der Waals surface area contributed by atoms with Crippen LogP contribution in [0, 0.1) is 0 Å². The standard InChI is InChI=1S/C22H25N3O2/c1-24-21-10-3-2-7-17(21)13-18(22(24)26)14-25-12-6-9-20(15-25)27-16-19-8-4-5-11-23-19/h2-5,7-8,10-11,13,20H,6,9,12,14-16H2,1H3/t20-/m0/s1. The number of benzene rings is 1. The van der Waals surface area contributed by atoms with Crippen molar-refractivity contribution in [2.75, 3.05) is 13.1 Å². The first-order valence-corrected chi connectivity index (χ1v) is 9.52. The number of aryl methyl sites for hydroxylation is 1. The van der Waals surface area contributed by atoms with Crippen molar-refractivity contribution in [1.82, 2.24) is 14.5 Å². The Kier molecular flexibility index (Phi) is 5.32. The molecular formula is C22H25N3O2. The van der Waals surface area contributed by atoms with Crippen LogP contribution in [0.2, 0.25) is 0 Å². The Hall–Kier alpha value is -2.50. The van der Waals surface area contributed by atoms with E-state index in [1.165, 1.54) is 0 Å². The number of rotatable bonds is 5. The first-order chi connectivity index (χ1) is 13.2. The van der Waals surface area contributed by atoms with E-state index in [1.54, 1.807) is 10.8 Å². The molecule has 1 saturated heterocycles. The second-order valence-electron chi connectivity index (χ2n) is 7.22. The fraction of sp³-hybridized carbons (Fsp3) is 0.364. The molecule has 0 saturated carbocycles. The van der Waals surface area contributed by atoms with Crippen LogP contribution in [0.5, 0.6) is 0 Å². The molecular weight excluding hydrogens is 338 g/mol. The summed E-state index contributed by atoms with van der Waals surface area (Å²) in [7, 11) is 1.85. The van der Waals surface area contributed by atoms with E-state index < -0.39 is 0 Å². The van der Waals surface area contributed by atoms with Gasteiger partial charge in [0.05, 0.1) is 23.9 Å². The van der Waals surface area contributed by atoms with Gasteiger partial charge in [-0.05, 0) is 49.0 Å². The van der Waals surface area contributed by atoms with Crippen molar-refractivity contribution < 1.29 is 4.74 Å². The lowest BCUT2D eigenvalue weighted by Crippen LogP contribution is -2.40. The fourth-order valence-electron chi connectivity index (χ4n) is 3.82. The minimum atomic E-state index is 0.0882. The Morgan fingerprint density at radius 2 is 2.04 bits per heavy atom. The van der Waals surface area contributed by atoms with Gasteiger partial charge in [0.2, 0.25) is 0 Å². The van der Waals surface area contributed by atoms with Crippen LogP contribution < -0.4 is 5.56 Å². The number of para-hydroxylation sites is 1. The van der Waals surface area contributed by atoms with E-state index in [2.05, 4.69) is 16.0 Å². The summed E-state index contributed by atoms with van der Waals surface area (Å²) in [6.45, 7) is 3.06. The highest BCUT2D eigenvalue weighted by molar-refractivity contribution is 5.79. The van der Waals surface area contributed by atoms with E-state index in [-0.39, 0.29) is 11.7 Å². The van der Waals surface area contributed by atoms with Crippen LogP contribution in [0.4, 0.5) is 0 Å². The maximum Gasteiger partial charge on any atom is 0.255 e. The van der Waals surface area contributed by atoms with E-state index in [1.807, 2.05) is 49.5 Å². The van der Waals surface area contributed by atoms with Gasteiger partial charge in [-0.15, -0.1) is 0 Å². The van der Waals surface area contributed by atoms with Gasteiger partial charge in [0.25, 0.3) is 5.56 Å². The zero-order valence-electron chi connectivity index (χ0n) is 15.7. The molecule has 0 unspecified atom stereocenters. The van der Waals surface area contributed by atoms with E-state index in [0.29, 0.717) is 13.2 Å². The van der Waals surface area contributed by atoms with Crippen LogP contribution in [-0.4, -0.2) is 33.6 Å². The molecule has 0 radical (unpaired) electrons. The molecule has 3 aromatic rings. The molecule has 0 amide bonds. The number of likely N-dealkylation sites (tertiary alicyclic amines) is 1. The molecule has 1 aromatic carbocycles. The summed E-state index contributed by atoms with van der Waals surface area (Å²) in [6.07, 6.45) is 4.12. The maximum atomic E-state index is 12.7. The summed E-state index contributed by atoms with van der Waals surface area (Å²) < 4.78 is 7.83. The van der Waals surface area contributed by atoms with Gasteiger partial charge in [-0.2, -0.15) is 0 Å². The van der Waals surface area contributed by atoms with E-state index in [4.69, 9.17) is 4.74 Å². The fourth-order valence-corrected chi connectivity index (χ4v) is 3.82. The molecule has 4 rings (SSSR count). The number of fused-ring (bicyclic) bond motifs is 1. The summed E-state index contributed by atoms with van der Waals surface area (Å²) in [5, 5.41) is 1.11. The van der Waals surface area contributed by atoms with Gasteiger partial charge in [-0.1, -0.05) is 24.3 Å². The number of hydrogen-bond donors (Lipinski definition) is 0. The summed E-state index contributed by atoms with van der Waals surface area (Å²) in [5.41, 5.74) is 2.87. The summed E-state index contributed by atoms with van der Waals surface area (Å²) in [4.78, 5) is 19.4. The molecule has 2 aromatic heterocycles. The Morgan fingerprint density at radius 1 is 1.19 bits per heavy atom. The maximum absolute atomic E-state index is 12.7. The Balaban J connectivity index is 1.44. The summed E-state index contributed by atoms with van der Waals surface area (Å²) in [6, 6.07) is 15.9. The van der Waals surface area contributed by atoms with Crippen molar-refractivity contribution >= 4 is 10.9 Å². The normalized spacial score (nSPS) is 18.0.